The van der Waals surface area contributed by atoms with Crippen LogP contribution >= 0.6 is 27.7 Å². The minimum atomic E-state index is -0.277. The van der Waals surface area contributed by atoms with Crippen molar-refractivity contribution in [3.63, 3.8) is 0 Å². The van der Waals surface area contributed by atoms with Crippen molar-refractivity contribution in [2.45, 2.75) is 13.2 Å². The molecule has 0 N–H and O–H groups in total. The molecule has 1 saturated heterocycles. The standard InChI is InChI=1S/C32H22BrNO3S/c33-28-17-21(15-16-29(28)37-20-25-12-6-10-23-8-2-4-14-27(23)25)18-30-31(35)34(32(36)38-30)19-24-11-5-9-22-7-1-3-13-26(22)24/h1-18H,19-20H2/b30-18+. The summed E-state index contributed by atoms with van der Waals surface area (Å²) in [7, 11) is 0. The van der Waals surface area contributed by atoms with Crippen LogP contribution in [0.5, 0.6) is 5.75 Å². The molecule has 5 aromatic rings. The van der Waals surface area contributed by atoms with Crippen molar-refractivity contribution >= 4 is 66.5 Å². The van der Waals surface area contributed by atoms with Crippen LogP contribution in [-0.2, 0) is 17.9 Å². The minimum absolute atomic E-state index is 0.244. The van der Waals surface area contributed by atoms with Gasteiger partial charge in [0.25, 0.3) is 11.1 Å². The summed E-state index contributed by atoms with van der Waals surface area (Å²) in [6, 6.07) is 34.0. The van der Waals surface area contributed by atoms with Gasteiger partial charge in [-0.05, 0) is 84.1 Å². The molecule has 6 heteroatoms. The number of ether oxygens (including phenoxy) is 1. The third-order valence-corrected chi connectivity index (χ3v) is 8.13. The zero-order chi connectivity index (χ0) is 26.1. The molecule has 0 aromatic heterocycles. The Morgan fingerprint density at radius 1 is 0.763 bits per heavy atom. The molecule has 1 heterocycles. The van der Waals surface area contributed by atoms with E-state index in [0.717, 1.165) is 43.7 Å². The number of hydrogen-bond acceptors (Lipinski definition) is 4. The van der Waals surface area contributed by atoms with Gasteiger partial charge < -0.3 is 4.74 Å². The van der Waals surface area contributed by atoms with Gasteiger partial charge in [-0.1, -0.05) is 91.0 Å². The van der Waals surface area contributed by atoms with E-state index >= 15 is 0 Å². The van der Waals surface area contributed by atoms with Gasteiger partial charge in [-0.25, -0.2) is 0 Å². The Balaban J connectivity index is 1.18. The number of thioether (sulfide) groups is 1. The number of benzene rings is 5. The Morgan fingerprint density at radius 3 is 2.11 bits per heavy atom. The second kappa shape index (κ2) is 10.5. The monoisotopic (exact) mass is 579 g/mol. The zero-order valence-electron chi connectivity index (χ0n) is 20.3. The Bertz CT molecular complexity index is 1740. The van der Waals surface area contributed by atoms with Crippen LogP contribution in [0.15, 0.2) is 113 Å². The molecule has 1 fully saturated rings. The first kappa shape index (κ1) is 24.5. The van der Waals surface area contributed by atoms with Crippen molar-refractivity contribution in [3.8, 4) is 5.75 Å². The Kier molecular flexibility index (Phi) is 6.75. The summed E-state index contributed by atoms with van der Waals surface area (Å²) in [5, 5.41) is 4.21. The van der Waals surface area contributed by atoms with Crippen LogP contribution in [0.2, 0.25) is 0 Å². The molecule has 1 aliphatic heterocycles. The van der Waals surface area contributed by atoms with Crippen molar-refractivity contribution in [1.29, 1.82) is 0 Å². The normalized spacial score (nSPS) is 14.7. The first-order valence-electron chi connectivity index (χ1n) is 12.2. The van der Waals surface area contributed by atoms with Crippen LogP contribution < -0.4 is 4.74 Å². The average molecular weight is 581 g/mol. The molecule has 38 heavy (non-hydrogen) atoms. The van der Waals surface area contributed by atoms with Crippen molar-refractivity contribution in [2.24, 2.45) is 0 Å². The van der Waals surface area contributed by atoms with Crippen molar-refractivity contribution < 1.29 is 14.3 Å². The Labute approximate surface area is 233 Å². The molecule has 0 radical (unpaired) electrons. The Hall–Kier alpha value is -3.87. The van der Waals surface area contributed by atoms with Gasteiger partial charge in [0.1, 0.15) is 12.4 Å². The number of imide groups is 1. The van der Waals surface area contributed by atoms with Crippen LogP contribution in [0.1, 0.15) is 16.7 Å². The van der Waals surface area contributed by atoms with Crippen LogP contribution in [0.25, 0.3) is 27.6 Å². The molecule has 0 spiro atoms. The van der Waals surface area contributed by atoms with Gasteiger partial charge in [-0.2, -0.15) is 0 Å². The lowest BCUT2D eigenvalue weighted by atomic mass is 10.0. The fourth-order valence-corrected chi connectivity index (χ4v) is 6.04. The lowest BCUT2D eigenvalue weighted by Gasteiger charge is -2.14. The van der Waals surface area contributed by atoms with Crippen LogP contribution in [0.3, 0.4) is 0 Å². The highest BCUT2D eigenvalue weighted by molar-refractivity contribution is 9.10. The van der Waals surface area contributed by atoms with Crippen LogP contribution in [0.4, 0.5) is 4.79 Å². The molecular formula is C32H22BrNO3S. The van der Waals surface area contributed by atoms with Crippen molar-refractivity contribution in [3.05, 3.63) is 129 Å². The quantitative estimate of drug-likeness (QED) is 0.189. The molecular weight excluding hydrogens is 558 g/mol. The van der Waals surface area contributed by atoms with Crippen LogP contribution in [-0.4, -0.2) is 16.0 Å². The molecule has 0 bridgehead atoms. The predicted molar refractivity (Wildman–Crippen MR) is 158 cm³/mol. The molecule has 0 aliphatic carbocycles. The SMILES string of the molecule is O=C1S/C(=C/c2ccc(OCc3cccc4ccccc34)c(Br)c2)C(=O)N1Cc1cccc2ccccc12. The topological polar surface area (TPSA) is 46.6 Å². The van der Waals surface area contributed by atoms with E-state index in [0.29, 0.717) is 17.3 Å². The van der Waals surface area contributed by atoms with Gasteiger partial charge in [-0.3, -0.25) is 14.5 Å². The number of nitrogens with zero attached hydrogens (tertiary/aromatic N) is 1. The summed E-state index contributed by atoms with van der Waals surface area (Å²) < 4.78 is 6.89. The third-order valence-electron chi connectivity index (χ3n) is 6.60. The number of halogens is 1. The highest BCUT2D eigenvalue weighted by atomic mass is 79.9. The van der Waals surface area contributed by atoms with E-state index in [9.17, 15) is 9.59 Å². The smallest absolute Gasteiger partial charge is 0.293 e. The molecule has 186 valence electrons. The van der Waals surface area contributed by atoms with Gasteiger partial charge in [0.2, 0.25) is 0 Å². The summed E-state index contributed by atoms with van der Waals surface area (Å²) in [6.07, 6.45) is 1.76. The van der Waals surface area contributed by atoms with E-state index in [-0.39, 0.29) is 17.7 Å². The Morgan fingerprint density at radius 2 is 1.39 bits per heavy atom. The van der Waals surface area contributed by atoms with E-state index < -0.39 is 0 Å². The fourth-order valence-electron chi connectivity index (χ4n) is 4.69. The van der Waals surface area contributed by atoms with E-state index in [2.05, 4.69) is 40.2 Å². The molecule has 2 amide bonds. The number of hydrogen-bond donors (Lipinski definition) is 0. The van der Waals surface area contributed by atoms with E-state index in [4.69, 9.17) is 4.74 Å². The predicted octanol–water partition coefficient (Wildman–Crippen LogP) is 8.57. The lowest BCUT2D eigenvalue weighted by molar-refractivity contribution is -0.123. The van der Waals surface area contributed by atoms with Crippen LogP contribution in [0, 0.1) is 0 Å². The summed E-state index contributed by atoms with van der Waals surface area (Å²) in [5.74, 6) is 0.430. The molecule has 0 saturated carbocycles. The first-order valence-corrected chi connectivity index (χ1v) is 13.8. The average Bonchev–Trinajstić information content (AvgIpc) is 3.20. The largest absolute Gasteiger partial charge is 0.488 e. The first-order chi connectivity index (χ1) is 18.6. The maximum absolute atomic E-state index is 13.2. The molecule has 6 rings (SSSR count). The van der Waals surface area contributed by atoms with E-state index in [1.54, 1.807) is 6.08 Å². The number of carbonyl (C=O) groups is 2. The molecule has 4 nitrogen and oxygen atoms in total. The second-order valence-electron chi connectivity index (χ2n) is 9.02. The summed E-state index contributed by atoms with van der Waals surface area (Å²) in [5.41, 5.74) is 2.87. The van der Waals surface area contributed by atoms with Crippen molar-refractivity contribution in [2.75, 3.05) is 0 Å². The summed E-state index contributed by atoms with van der Waals surface area (Å²) >= 11 is 4.57. The van der Waals surface area contributed by atoms with E-state index in [1.807, 2.05) is 78.9 Å². The zero-order valence-corrected chi connectivity index (χ0v) is 22.7. The maximum atomic E-state index is 13.2. The third kappa shape index (κ3) is 4.85. The minimum Gasteiger partial charge on any atom is -0.488 e. The number of amides is 2. The van der Waals surface area contributed by atoms with Gasteiger partial charge in [-0.15, -0.1) is 0 Å². The van der Waals surface area contributed by atoms with Gasteiger partial charge in [0.15, 0.2) is 0 Å². The number of carbonyl (C=O) groups excluding carboxylic acids is 2. The highest BCUT2D eigenvalue weighted by Gasteiger charge is 2.35. The molecule has 1 aliphatic rings. The van der Waals surface area contributed by atoms with Crippen molar-refractivity contribution in [1.82, 2.24) is 4.90 Å². The molecule has 0 unspecified atom stereocenters. The fraction of sp³-hybridized carbons (Fsp3) is 0.0625. The van der Waals surface area contributed by atoms with Gasteiger partial charge >= 0.3 is 0 Å². The summed E-state index contributed by atoms with van der Waals surface area (Å²) in [4.78, 5) is 27.6. The summed E-state index contributed by atoms with van der Waals surface area (Å²) in [6.45, 7) is 0.681. The van der Waals surface area contributed by atoms with E-state index in [1.165, 1.54) is 15.7 Å². The second-order valence-corrected chi connectivity index (χ2v) is 10.9. The lowest BCUT2D eigenvalue weighted by Crippen LogP contribution is -2.27. The highest BCUT2D eigenvalue weighted by Crippen LogP contribution is 2.35. The number of rotatable bonds is 6. The van der Waals surface area contributed by atoms with Gasteiger partial charge in [0.05, 0.1) is 15.9 Å². The molecule has 0 atom stereocenters. The molecule has 5 aromatic carbocycles. The number of fused-ring (bicyclic) bond motifs is 2. The maximum Gasteiger partial charge on any atom is 0.293 e. The van der Waals surface area contributed by atoms with Gasteiger partial charge in [0, 0.05) is 0 Å².